The third kappa shape index (κ3) is 3.38. The summed E-state index contributed by atoms with van der Waals surface area (Å²) in [6, 6.07) is 8.34. The van der Waals surface area contributed by atoms with E-state index in [0.29, 0.717) is 12.5 Å². The van der Waals surface area contributed by atoms with Crippen LogP contribution in [0.5, 0.6) is 0 Å². The predicted octanol–water partition coefficient (Wildman–Crippen LogP) is 1.85. The van der Waals surface area contributed by atoms with E-state index in [4.69, 9.17) is 5.84 Å². The Hall–Kier alpha value is -2.21. The van der Waals surface area contributed by atoms with Crippen LogP contribution < -0.4 is 16.2 Å². The molecule has 1 aromatic heterocycles. The van der Waals surface area contributed by atoms with Gasteiger partial charge in [-0.05, 0) is 24.6 Å². The molecule has 0 unspecified atom stereocenters. The van der Waals surface area contributed by atoms with Crippen molar-refractivity contribution in [3.05, 3.63) is 47.4 Å². The van der Waals surface area contributed by atoms with Gasteiger partial charge in [0.2, 0.25) is 5.95 Å². The third-order valence-corrected chi connectivity index (χ3v) is 2.67. The Bertz CT molecular complexity index is 573. The number of benzene rings is 1. The molecule has 19 heavy (non-hydrogen) atoms. The summed E-state index contributed by atoms with van der Waals surface area (Å²) in [6.45, 7) is 2.42. The first-order valence-electron chi connectivity index (χ1n) is 5.86. The van der Waals surface area contributed by atoms with Gasteiger partial charge < -0.3 is 4.90 Å². The molecule has 0 aliphatic heterocycles. The maximum Gasteiger partial charge on any atom is 0.239 e. The number of hydrogen-bond donors (Lipinski definition) is 2. The number of aromatic nitrogens is 2. The van der Waals surface area contributed by atoms with Gasteiger partial charge in [-0.15, -0.1) is 0 Å². The molecule has 0 saturated heterocycles. The molecule has 3 N–H and O–H groups in total. The molecule has 6 heteroatoms. The first-order chi connectivity index (χ1) is 9.08. The summed E-state index contributed by atoms with van der Waals surface area (Å²) in [7, 11) is 1.88. The van der Waals surface area contributed by atoms with Gasteiger partial charge in [-0.3, -0.25) is 5.43 Å². The highest BCUT2D eigenvalue weighted by Gasteiger charge is 2.07. The highest BCUT2D eigenvalue weighted by Crippen LogP contribution is 2.16. The topological polar surface area (TPSA) is 67.1 Å². The van der Waals surface area contributed by atoms with Crippen molar-refractivity contribution in [3.8, 4) is 0 Å². The van der Waals surface area contributed by atoms with Gasteiger partial charge in [0.15, 0.2) is 0 Å². The summed E-state index contributed by atoms with van der Waals surface area (Å²) in [4.78, 5) is 10.3. The molecule has 0 saturated carbocycles. The molecule has 2 rings (SSSR count). The van der Waals surface area contributed by atoms with Crippen molar-refractivity contribution in [1.29, 1.82) is 0 Å². The van der Waals surface area contributed by atoms with Crippen molar-refractivity contribution in [3.63, 3.8) is 0 Å². The van der Waals surface area contributed by atoms with Crippen LogP contribution in [0.25, 0.3) is 0 Å². The van der Waals surface area contributed by atoms with E-state index < -0.39 is 0 Å². The first-order valence-corrected chi connectivity index (χ1v) is 5.86. The summed E-state index contributed by atoms with van der Waals surface area (Å²) in [5, 5.41) is 0. The first kappa shape index (κ1) is 13.2. The Morgan fingerprint density at radius 1 is 1.32 bits per heavy atom. The highest BCUT2D eigenvalue weighted by molar-refractivity contribution is 5.44. The zero-order valence-electron chi connectivity index (χ0n) is 10.9. The number of nitrogens with two attached hydrogens (primary N) is 1. The molecule has 100 valence electrons. The summed E-state index contributed by atoms with van der Waals surface area (Å²) in [5.74, 6) is 6.16. The average Bonchev–Trinajstić information content (AvgIpc) is 2.38. The second-order valence-electron chi connectivity index (χ2n) is 4.32. The third-order valence-electron chi connectivity index (χ3n) is 2.67. The lowest BCUT2D eigenvalue weighted by molar-refractivity contribution is 0.625. The lowest BCUT2D eigenvalue weighted by Gasteiger charge is -2.19. The van der Waals surface area contributed by atoms with Gasteiger partial charge >= 0.3 is 0 Å². The molecular formula is C13H16FN5. The van der Waals surface area contributed by atoms with Crippen LogP contribution in [-0.4, -0.2) is 17.0 Å². The smallest absolute Gasteiger partial charge is 0.239 e. The average molecular weight is 261 g/mol. The van der Waals surface area contributed by atoms with Gasteiger partial charge in [-0.25, -0.2) is 15.2 Å². The molecule has 1 aromatic carbocycles. The van der Waals surface area contributed by atoms with E-state index in [0.717, 1.165) is 17.1 Å². The van der Waals surface area contributed by atoms with Crippen LogP contribution in [0.15, 0.2) is 30.3 Å². The molecule has 0 aliphatic carbocycles. The van der Waals surface area contributed by atoms with Crippen LogP contribution in [0.2, 0.25) is 0 Å². The number of nitrogens with one attached hydrogen (secondary N) is 1. The van der Waals surface area contributed by atoms with Gasteiger partial charge in [0.1, 0.15) is 11.6 Å². The number of hydrogen-bond acceptors (Lipinski definition) is 5. The summed E-state index contributed by atoms with van der Waals surface area (Å²) >= 11 is 0. The van der Waals surface area contributed by atoms with Crippen molar-refractivity contribution in [2.24, 2.45) is 5.84 Å². The molecule has 0 aliphatic rings. The zero-order valence-corrected chi connectivity index (χ0v) is 10.9. The van der Waals surface area contributed by atoms with E-state index in [9.17, 15) is 4.39 Å². The summed E-state index contributed by atoms with van der Waals surface area (Å²) in [5.41, 5.74) is 4.11. The SMILES string of the molecule is Cc1cc(N(C)Cc2cccc(F)c2)nc(NN)n1. The fourth-order valence-electron chi connectivity index (χ4n) is 1.80. The molecular weight excluding hydrogens is 245 g/mol. The quantitative estimate of drug-likeness (QED) is 0.649. The van der Waals surface area contributed by atoms with Gasteiger partial charge in [-0.2, -0.15) is 4.98 Å². The second-order valence-corrected chi connectivity index (χ2v) is 4.32. The van der Waals surface area contributed by atoms with Crippen molar-refractivity contribution in [2.45, 2.75) is 13.5 Å². The fraction of sp³-hybridized carbons (Fsp3) is 0.231. The van der Waals surface area contributed by atoms with Crippen LogP contribution in [0, 0.1) is 12.7 Å². The van der Waals surface area contributed by atoms with Crippen molar-refractivity contribution >= 4 is 11.8 Å². The minimum atomic E-state index is -0.242. The zero-order chi connectivity index (χ0) is 13.8. The second kappa shape index (κ2) is 5.62. The lowest BCUT2D eigenvalue weighted by atomic mass is 10.2. The monoisotopic (exact) mass is 261 g/mol. The number of hydrazine groups is 1. The Morgan fingerprint density at radius 2 is 2.11 bits per heavy atom. The van der Waals surface area contributed by atoms with Crippen molar-refractivity contribution in [1.82, 2.24) is 9.97 Å². The van der Waals surface area contributed by atoms with Gasteiger partial charge in [0.05, 0.1) is 0 Å². The van der Waals surface area contributed by atoms with Crippen molar-refractivity contribution < 1.29 is 4.39 Å². The molecule has 0 radical (unpaired) electrons. The molecule has 5 nitrogen and oxygen atoms in total. The Labute approximate surface area is 111 Å². The van der Waals surface area contributed by atoms with E-state index in [2.05, 4.69) is 15.4 Å². The van der Waals surface area contributed by atoms with Crippen LogP contribution in [0.4, 0.5) is 16.2 Å². The van der Waals surface area contributed by atoms with E-state index in [-0.39, 0.29) is 5.82 Å². The molecule has 0 bridgehead atoms. The maximum absolute atomic E-state index is 13.1. The standard InChI is InChI=1S/C13H16FN5/c1-9-6-12(17-13(16-9)18-15)19(2)8-10-4-3-5-11(14)7-10/h3-7H,8,15H2,1-2H3,(H,16,17,18). The summed E-state index contributed by atoms with van der Waals surface area (Å²) in [6.07, 6.45) is 0. The molecule has 1 heterocycles. The van der Waals surface area contributed by atoms with E-state index >= 15 is 0 Å². The molecule has 0 atom stereocenters. The Morgan fingerprint density at radius 3 is 2.79 bits per heavy atom. The van der Waals surface area contributed by atoms with Gasteiger partial charge in [-0.1, -0.05) is 12.1 Å². The number of halogens is 1. The van der Waals surface area contributed by atoms with Crippen LogP contribution in [0.3, 0.4) is 0 Å². The molecule has 0 spiro atoms. The van der Waals surface area contributed by atoms with Crippen LogP contribution in [0.1, 0.15) is 11.3 Å². The maximum atomic E-state index is 13.1. The highest BCUT2D eigenvalue weighted by atomic mass is 19.1. The van der Waals surface area contributed by atoms with E-state index in [1.54, 1.807) is 6.07 Å². The predicted molar refractivity (Wildman–Crippen MR) is 73.1 cm³/mol. The number of anilines is 2. The largest absolute Gasteiger partial charge is 0.355 e. The molecule has 0 fully saturated rings. The number of rotatable bonds is 4. The molecule has 0 amide bonds. The van der Waals surface area contributed by atoms with Gasteiger partial charge in [0.25, 0.3) is 0 Å². The van der Waals surface area contributed by atoms with Crippen molar-refractivity contribution in [2.75, 3.05) is 17.4 Å². The minimum absolute atomic E-state index is 0.242. The van der Waals surface area contributed by atoms with E-state index in [1.165, 1.54) is 12.1 Å². The van der Waals surface area contributed by atoms with Gasteiger partial charge in [0, 0.05) is 25.4 Å². The number of nitrogens with zero attached hydrogens (tertiary/aromatic N) is 3. The Balaban J connectivity index is 2.20. The molecule has 2 aromatic rings. The summed E-state index contributed by atoms with van der Waals surface area (Å²) < 4.78 is 13.1. The number of aryl methyl sites for hydroxylation is 1. The van der Waals surface area contributed by atoms with Crippen LogP contribution >= 0.6 is 0 Å². The van der Waals surface area contributed by atoms with E-state index in [1.807, 2.05) is 31.0 Å². The normalized spacial score (nSPS) is 10.3. The Kier molecular flexibility index (Phi) is 3.91. The van der Waals surface area contributed by atoms with Crippen LogP contribution in [-0.2, 0) is 6.54 Å². The minimum Gasteiger partial charge on any atom is -0.355 e. The number of nitrogen functional groups attached to an aromatic ring is 1. The fourth-order valence-corrected chi connectivity index (χ4v) is 1.80. The lowest BCUT2D eigenvalue weighted by Crippen LogP contribution is -2.20.